The van der Waals surface area contributed by atoms with Gasteiger partial charge in [0.15, 0.2) is 0 Å². The Balaban J connectivity index is 2.01. The molecule has 1 nitrogen and oxygen atoms in total. The van der Waals surface area contributed by atoms with Crippen LogP contribution < -0.4 is 0 Å². The van der Waals surface area contributed by atoms with Gasteiger partial charge in [-0.2, -0.15) is 11.8 Å². The normalized spacial score (nSPS) is 48.0. The third kappa shape index (κ3) is 1.08. The Labute approximate surface area is 66.2 Å². The Kier molecular flexibility index (Phi) is 1.50. The molecule has 2 heteroatoms. The summed E-state index contributed by atoms with van der Waals surface area (Å²) in [7, 11) is 0. The first kappa shape index (κ1) is 6.99. The van der Waals surface area contributed by atoms with Crippen LogP contribution in [0.5, 0.6) is 0 Å². The van der Waals surface area contributed by atoms with Crippen molar-refractivity contribution in [2.75, 3.05) is 5.75 Å². The van der Waals surface area contributed by atoms with Crippen LogP contribution in [-0.4, -0.2) is 21.7 Å². The van der Waals surface area contributed by atoms with E-state index in [0.29, 0.717) is 11.2 Å². The molecule has 1 heterocycles. The fourth-order valence-corrected chi connectivity index (χ4v) is 3.14. The second kappa shape index (κ2) is 2.15. The van der Waals surface area contributed by atoms with Crippen molar-refractivity contribution in [3.63, 3.8) is 0 Å². The van der Waals surface area contributed by atoms with Crippen LogP contribution >= 0.6 is 11.8 Å². The second-order valence-electron chi connectivity index (χ2n) is 3.70. The van der Waals surface area contributed by atoms with Crippen LogP contribution in [0.25, 0.3) is 0 Å². The first-order valence-corrected chi connectivity index (χ1v) is 5.09. The molecule has 1 saturated heterocycles. The quantitative estimate of drug-likeness (QED) is 0.626. The largest absolute Gasteiger partial charge is 0.389 e. The van der Waals surface area contributed by atoms with Gasteiger partial charge in [-0.1, -0.05) is 6.92 Å². The van der Waals surface area contributed by atoms with E-state index in [1.54, 1.807) is 0 Å². The summed E-state index contributed by atoms with van der Waals surface area (Å²) in [4.78, 5) is 0. The molecule has 2 fully saturated rings. The molecule has 0 radical (unpaired) electrons. The van der Waals surface area contributed by atoms with E-state index in [-0.39, 0.29) is 5.60 Å². The van der Waals surface area contributed by atoms with Crippen molar-refractivity contribution in [2.24, 2.45) is 5.92 Å². The van der Waals surface area contributed by atoms with Gasteiger partial charge < -0.3 is 5.11 Å². The summed E-state index contributed by atoms with van der Waals surface area (Å²) in [5, 5.41) is 10.7. The van der Waals surface area contributed by atoms with Gasteiger partial charge in [0, 0.05) is 11.0 Å². The SMILES string of the molecule is CC1CC(O)(C2CC2)CS1. The van der Waals surface area contributed by atoms with Gasteiger partial charge in [-0.25, -0.2) is 0 Å². The van der Waals surface area contributed by atoms with E-state index in [0.717, 1.165) is 12.2 Å². The average Bonchev–Trinajstić information content (AvgIpc) is 2.62. The van der Waals surface area contributed by atoms with E-state index in [2.05, 4.69) is 6.92 Å². The smallest absolute Gasteiger partial charge is 0.0776 e. The lowest BCUT2D eigenvalue weighted by Gasteiger charge is -2.20. The molecule has 1 N–H and O–H groups in total. The molecule has 2 atom stereocenters. The third-order valence-electron chi connectivity index (χ3n) is 2.60. The molecule has 0 spiro atoms. The fourth-order valence-electron chi connectivity index (χ4n) is 1.81. The standard InChI is InChI=1S/C8H14OS/c1-6-4-8(9,5-10-6)7-2-3-7/h6-7,9H,2-5H2,1H3. The molecule has 0 bridgehead atoms. The molecule has 1 saturated carbocycles. The number of aliphatic hydroxyl groups is 1. The minimum Gasteiger partial charge on any atom is -0.389 e. The van der Waals surface area contributed by atoms with E-state index < -0.39 is 0 Å². The van der Waals surface area contributed by atoms with Gasteiger partial charge in [0.1, 0.15) is 0 Å². The zero-order valence-corrected chi connectivity index (χ0v) is 7.16. The highest BCUT2D eigenvalue weighted by Gasteiger charge is 2.47. The van der Waals surface area contributed by atoms with Crippen molar-refractivity contribution in [3.05, 3.63) is 0 Å². The van der Waals surface area contributed by atoms with Crippen LogP contribution in [0.4, 0.5) is 0 Å². The average molecular weight is 158 g/mol. The Morgan fingerprint density at radius 3 is 2.60 bits per heavy atom. The molecule has 58 valence electrons. The van der Waals surface area contributed by atoms with Crippen molar-refractivity contribution in [1.82, 2.24) is 0 Å². The van der Waals surface area contributed by atoms with Crippen LogP contribution in [0.3, 0.4) is 0 Å². The maximum atomic E-state index is 9.98. The molecule has 0 amide bonds. The molecule has 0 aromatic carbocycles. The van der Waals surface area contributed by atoms with E-state index in [1.165, 1.54) is 12.8 Å². The summed E-state index contributed by atoms with van der Waals surface area (Å²) >= 11 is 1.92. The molecule has 1 aliphatic heterocycles. The third-order valence-corrected chi connectivity index (χ3v) is 4.00. The molecule has 1 aliphatic carbocycles. The highest BCUT2D eigenvalue weighted by molar-refractivity contribution is 8.00. The maximum Gasteiger partial charge on any atom is 0.0776 e. The zero-order chi connectivity index (χ0) is 7.19. The zero-order valence-electron chi connectivity index (χ0n) is 6.34. The van der Waals surface area contributed by atoms with Gasteiger partial charge in [-0.3, -0.25) is 0 Å². The van der Waals surface area contributed by atoms with Crippen molar-refractivity contribution in [1.29, 1.82) is 0 Å². The molecule has 0 aromatic heterocycles. The topological polar surface area (TPSA) is 20.2 Å². The summed E-state index contributed by atoms with van der Waals surface area (Å²) in [6.07, 6.45) is 3.57. The van der Waals surface area contributed by atoms with E-state index >= 15 is 0 Å². The summed E-state index contributed by atoms with van der Waals surface area (Å²) in [5.74, 6) is 1.64. The number of thioether (sulfide) groups is 1. The van der Waals surface area contributed by atoms with Gasteiger partial charge in [-0.15, -0.1) is 0 Å². The molecule has 2 rings (SSSR count). The predicted octanol–water partition coefficient (Wildman–Crippen LogP) is 1.65. The van der Waals surface area contributed by atoms with Crippen molar-refractivity contribution in [3.8, 4) is 0 Å². The van der Waals surface area contributed by atoms with Gasteiger partial charge >= 0.3 is 0 Å². The van der Waals surface area contributed by atoms with E-state index in [9.17, 15) is 5.11 Å². The number of hydrogen-bond acceptors (Lipinski definition) is 2. The monoisotopic (exact) mass is 158 g/mol. The highest BCUT2D eigenvalue weighted by atomic mass is 32.2. The molecule has 0 aromatic rings. The first-order chi connectivity index (χ1) is 4.71. The fraction of sp³-hybridized carbons (Fsp3) is 1.00. The Bertz CT molecular complexity index is 144. The molecular weight excluding hydrogens is 144 g/mol. The summed E-state index contributed by atoms with van der Waals surface area (Å²) in [6.45, 7) is 2.21. The van der Waals surface area contributed by atoms with Crippen molar-refractivity contribution in [2.45, 2.75) is 37.0 Å². The summed E-state index contributed by atoms with van der Waals surface area (Å²) in [6, 6.07) is 0. The van der Waals surface area contributed by atoms with Crippen molar-refractivity contribution >= 4 is 11.8 Å². The Morgan fingerprint density at radius 1 is 1.50 bits per heavy atom. The second-order valence-corrected chi connectivity index (χ2v) is 5.13. The van der Waals surface area contributed by atoms with Crippen molar-refractivity contribution < 1.29 is 5.11 Å². The van der Waals surface area contributed by atoms with Crippen LogP contribution in [-0.2, 0) is 0 Å². The maximum absolute atomic E-state index is 9.98. The minimum atomic E-state index is -0.260. The van der Waals surface area contributed by atoms with Crippen LogP contribution in [0.15, 0.2) is 0 Å². The van der Waals surface area contributed by atoms with Gasteiger partial charge in [-0.05, 0) is 25.2 Å². The minimum absolute atomic E-state index is 0.260. The molecule has 2 unspecified atom stereocenters. The predicted molar refractivity (Wildman–Crippen MR) is 44.2 cm³/mol. The van der Waals surface area contributed by atoms with Crippen LogP contribution in [0, 0.1) is 5.92 Å². The lowest BCUT2D eigenvalue weighted by Crippen LogP contribution is -2.31. The molecule has 2 aliphatic rings. The van der Waals surface area contributed by atoms with Crippen LogP contribution in [0.1, 0.15) is 26.2 Å². The summed E-state index contributed by atoms with van der Waals surface area (Å²) < 4.78 is 0. The van der Waals surface area contributed by atoms with Gasteiger partial charge in [0.25, 0.3) is 0 Å². The lowest BCUT2D eigenvalue weighted by molar-refractivity contribution is 0.0407. The van der Waals surface area contributed by atoms with E-state index in [1.807, 2.05) is 11.8 Å². The number of rotatable bonds is 1. The van der Waals surface area contributed by atoms with E-state index in [4.69, 9.17) is 0 Å². The van der Waals surface area contributed by atoms with Gasteiger partial charge in [0.2, 0.25) is 0 Å². The Morgan fingerprint density at radius 2 is 2.20 bits per heavy atom. The summed E-state index contributed by atoms with van der Waals surface area (Å²) in [5.41, 5.74) is -0.260. The van der Waals surface area contributed by atoms with Gasteiger partial charge in [0.05, 0.1) is 5.60 Å². The Hall–Kier alpha value is 0.310. The van der Waals surface area contributed by atoms with Crippen LogP contribution in [0.2, 0.25) is 0 Å². The molecule has 10 heavy (non-hydrogen) atoms. The highest BCUT2D eigenvalue weighted by Crippen LogP contribution is 2.49. The first-order valence-electron chi connectivity index (χ1n) is 4.05. The number of hydrogen-bond donors (Lipinski definition) is 1. The molecular formula is C8H14OS. The lowest BCUT2D eigenvalue weighted by atomic mass is 9.95.